The van der Waals surface area contributed by atoms with Gasteiger partial charge in [0.15, 0.2) is 0 Å². The molecule has 1 amide bonds. The molecule has 6 heteroatoms. The molecule has 0 radical (unpaired) electrons. The Kier molecular flexibility index (Phi) is 7.12. The van der Waals surface area contributed by atoms with Crippen molar-refractivity contribution in [1.82, 2.24) is 5.32 Å². The number of rotatable bonds is 4. The van der Waals surface area contributed by atoms with Crippen LogP contribution >= 0.6 is 24.2 Å². The number of aliphatic hydroxyl groups excluding tert-OH is 1. The van der Waals surface area contributed by atoms with Crippen LogP contribution in [0.15, 0.2) is 47.4 Å². The number of aryl methyl sites for hydroxylation is 2. The lowest BCUT2D eigenvalue weighted by Crippen LogP contribution is -2.43. The molecule has 1 aliphatic heterocycles. The molecule has 0 fully saturated rings. The molecule has 0 aromatic heterocycles. The Morgan fingerprint density at radius 3 is 2.42 bits per heavy atom. The van der Waals surface area contributed by atoms with E-state index >= 15 is 0 Å². The van der Waals surface area contributed by atoms with Gasteiger partial charge in [0.1, 0.15) is 6.10 Å². The molecule has 2 aromatic rings. The van der Waals surface area contributed by atoms with Gasteiger partial charge in [-0.15, -0.1) is 24.2 Å². The number of fused-ring (bicyclic) bond motifs is 1. The largest absolute Gasteiger partial charge is 0.382 e. The van der Waals surface area contributed by atoms with Crippen LogP contribution in [0.4, 0.5) is 5.69 Å². The van der Waals surface area contributed by atoms with Crippen molar-refractivity contribution in [2.24, 2.45) is 0 Å². The molecular weight excluding hydrogens is 368 g/mol. The standard InChI is InChI=1S/C20H24N2O2S.ClH/c1-13-4-7-15(8-5-13)19-18(23)20(24)22(11-10-21-3)16-9-6-14(2)12-17(16)25-19;/h4-9,12,18-19,21,23H,10-11H2,1-3H3;1H/t18-,19+;/m1./s1. The molecule has 1 heterocycles. The summed E-state index contributed by atoms with van der Waals surface area (Å²) in [5.74, 6) is -0.240. The number of nitrogens with zero attached hydrogens (tertiary/aromatic N) is 1. The zero-order valence-corrected chi connectivity index (χ0v) is 16.9. The van der Waals surface area contributed by atoms with Crippen molar-refractivity contribution in [3.05, 3.63) is 59.2 Å². The van der Waals surface area contributed by atoms with Gasteiger partial charge in [0, 0.05) is 18.0 Å². The van der Waals surface area contributed by atoms with Crippen LogP contribution in [0.2, 0.25) is 0 Å². The Morgan fingerprint density at radius 2 is 1.77 bits per heavy atom. The maximum atomic E-state index is 13.0. The number of benzene rings is 2. The van der Waals surface area contributed by atoms with E-state index in [0.29, 0.717) is 13.1 Å². The summed E-state index contributed by atoms with van der Waals surface area (Å²) < 4.78 is 0. The minimum Gasteiger partial charge on any atom is -0.382 e. The first-order valence-corrected chi connectivity index (χ1v) is 9.37. The highest BCUT2D eigenvalue weighted by Gasteiger charge is 2.37. The summed E-state index contributed by atoms with van der Waals surface area (Å²) >= 11 is 1.57. The number of halogens is 1. The highest BCUT2D eigenvalue weighted by molar-refractivity contribution is 7.99. The van der Waals surface area contributed by atoms with Crippen molar-refractivity contribution in [3.8, 4) is 0 Å². The van der Waals surface area contributed by atoms with Crippen LogP contribution in [0.5, 0.6) is 0 Å². The number of likely N-dealkylation sites (N-methyl/N-ethyl adjacent to an activating group) is 1. The summed E-state index contributed by atoms with van der Waals surface area (Å²) in [4.78, 5) is 15.7. The van der Waals surface area contributed by atoms with Gasteiger partial charge in [-0.05, 0) is 44.2 Å². The Labute approximate surface area is 165 Å². The summed E-state index contributed by atoms with van der Waals surface area (Å²) in [6.45, 7) is 5.28. The van der Waals surface area contributed by atoms with Gasteiger partial charge < -0.3 is 15.3 Å². The molecule has 0 unspecified atom stereocenters. The highest BCUT2D eigenvalue weighted by atomic mass is 35.5. The molecule has 4 nitrogen and oxygen atoms in total. The second kappa shape index (κ2) is 8.91. The Morgan fingerprint density at radius 1 is 1.12 bits per heavy atom. The van der Waals surface area contributed by atoms with Gasteiger partial charge in [-0.3, -0.25) is 4.79 Å². The smallest absolute Gasteiger partial charge is 0.257 e. The van der Waals surface area contributed by atoms with Crippen LogP contribution in [0.1, 0.15) is 21.9 Å². The molecule has 0 spiro atoms. The Hall–Kier alpha value is -1.53. The zero-order valence-electron chi connectivity index (χ0n) is 15.2. The Balaban J connectivity index is 0.00000243. The number of thioether (sulfide) groups is 1. The maximum absolute atomic E-state index is 13.0. The van der Waals surface area contributed by atoms with Gasteiger partial charge in [0.2, 0.25) is 0 Å². The van der Waals surface area contributed by atoms with Crippen LogP contribution in [0.25, 0.3) is 0 Å². The second-order valence-corrected chi connectivity index (χ2v) is 7.64. The van der Waals surface area contributed by atoms with E-state index in [-0.39, 0.29) is 23.6 Å². The summed E-state index contributed by atoms with van der Waals surface area (Å²) in [5.41, 5.74) is 4.16. The Bertz CT molecular complexity index is 767. The molecule has 0 saturated carbocycles. The van der Waals surface area contributed by atoms with Crippen LogP contribution in [-0.2, 0) is 4.79 Å². The molecule has 2 N–H and O–H groups in total. The topological polar surface area (TPSA) is 52.6 Å². The fraction of sp³-hybridized carbons (Fsp3) is 0.350. The van der Waals surface area contributed by atoms with E-state index in [2.05, 4.69) is 11.4 Å². The molecule has 140 valence electrons. The third-order valence-corrected chi connectivity index (χ3v) is 5.82. The normalized spacial score (nSPS) is 19.5. The maximum Gasteiger partial charge on any atom is 0.257 e. The first-order chi connectivity index (χ1) is 12.0. The second-order valence-electron chi connectivity index (χ2n) is 6.46. The van der Waals surface area contributed by atoms with E-state index in [1.165, 1.54) is 0 Å². The predicted molar refractivity (Wildman–Crippen MR) is 110 cm³/mol. The third-order valence-electron chi connectivity index (χ3n) is 4.46. The van der Waals surface area contributed by atoms with Crippen molar-refractivity contribution >= 4 is 35.8 Å². The minimum absolute atomic E-state index is 0. The third kappa shape index (κ3) is 4.23. The SMILES string of the molecule is CNCCN1C(=O)[C@H](O)[C@H](c2ccc(C)cc2)Sc2cc(C)ccc21.Cl. The number of hydrogen-bond donors (Lipinski definition) is 2. The number of carbonyl (C=O) groups excluding carboxylic acids is 1. The quantitative estimate of drug-likeness (QED) is 0.836. The first-order valence-electron chi connectivity index (χ1n) is 8.49. The van der Waals surface area contributed by atoms with Crippen molar-refractivity contribution < 1.29 is 9.90 Å². The molecule has 1 aliphatic rings. The van der Waals surface area contributed by atoms with E-state index in [9.17, 15) is 9.90 Å². The van der Waals surface area contributed by atoms with Crippen LogP contribution in [0.3, 0.4) is 0 Å². The molecule has 0 aliphatic carbocycles. The summed E-state index contributed by atoms with van der Waals surface area (Å²) in [6.07, 6.45) is -1.07. The molecular formula is C20H25ClN2O2S. The lowest BCUT2D eigenvalue weighted by atomic mass is 10.0. The summed E-state index contributed by atoms with van der Waals surface area (Å²) in [5, 5.41) is 13.6. The van der Waals surface area contributed by atoms with E-state index in [1.54, 1.807) is 16.7 Å². The summed E-state index contributed by atoms with van der Waals surface area (Å²) in [7, 11) is 1.86. The van der Waals surface area contributed by atoms with Crippen LogP contribution in [0, 0.1) is 13.8 Å². The van der Waals surface area contributed by atoms with Gasteiger partial charge in [-0.1, -0.05) is 35.9 Å². The van der Waals surface area contributed by atoms with Crippen molar-refractivity contribution in [2.75, 3.05) is 25.0 Å². The molecule has 0 bridgehead atoms. The van der Waals surface area contributed by atoms with Gasteiger partial charge >= 0.3 is 0 Å². The van der Waals surface area contributed by atoms with Gasteiger partial charge in [0.05, 0.1) is 10.9 Å². The van der Waals surface area contributed by atoms with E-state index < -0.39 is 6.10 Å². The molecule has 2 atom stereocenters. The number of nitrogens with one attached hydrogen (secondary N) is 1. The fourth-order valence-electron chi connectivity index (χ4n) is 3.01. The van der Waals surface area contributed by atoms with Gasteiger partial charge in [0.25, 0.3) is 5.91 Å². The van der Waals surface area contributed by atoms with Crippen molar-refractivity contribution in [3.63, 3.8) is 0 Å². The van der Waals surface area contributed by atoms with Crippen LogP contribution < -0.4 is 10.2 Å². The van der Waals surface area contributed by atoms with E-state index in [1.807, 2.05) is 57.3 Å². The lowest BCUT2D eigenvalue weighted by molar-refractivity contribution is -0.126. The molecule has 3 rings (SSSR count). The zero-order chi connectivity index (χ0) is 18.0. The van der Waals surface area contributed by atoms with E-state index in [0.717, 1.165) is 27.3 Å². The monoisotopic (exact) mass is 392 g/mol. The van der Waals surface area contributed by atoms with E-state index in [4.69, 9.17) is 0 Å². The average molecular weight is 393 g/mol. The molecule has 2 aromatic carbocycles. The average Bonchev–Trinajstić information content (AvgIpc) is 2.70. The highest BCUT2D eigenvalue weighted by Crippen LogP contribution is 2.46. The van der Waals surface area contributed by atoms with Crippen molar-refractivity contribution in [1.29, 1.82) is 0 Å². The minimum atomic E-state index is -1.07. The summed E-state index contributed by atoms with van der Waals surface area (Å²) in [6, 6.07) is 14.1. The number of amides is 1. The number of aliphatic hydroxyl groups is 1. The first kappa shape index (κ1) is 20.8. The lowest BCUT2D eigenvalue weighted by Gasteiger charge is -2.25. The molecule has 26 heavy (non-hydrogen) atoms. The number of hydrogen-bond acceptors (Lipinski definition) is 4. The van der Waals surface area contributed by atoms with Crippen LogP contribution in [-0.4, -0.2) is 37.3 Å². The fourth-order valence-corrected chi connectivity index (χ4v) is 4.37. The molecule has 0 saturated heterocycles. The van der Waals surface area contributed by atoms with Gasteiger partial charge in [-0.2, -0.15) is 0 Å². The predicted octanol–water partition coefficient (Wildman–Crippen LogP) is 3.49. The van der Waals surface area contributed by atoms with Crippen molar-refractivity contribution in [2.45, 2.75) is 30.1 Å². The number of carbonyl (C=O) groups is 1. The van der Waals surface area contributed by atoms with Gasteiger partial charge in [-0.25, -0.2) is 0 Å². The number of anilines is 1.